The minimum atomic E-state index is -0.397. The number of aromatic nitrogens is 2. The quantitative estimate of drug-likeness (QED) is 0.872. The third kappa shape index (κ3) is 2.69. The molecule has 1 aromatic rings. The van der Waals surface area contributed by atoms with Gasteiger partial charge in [0.25, 0.3) is 0 Å². The third-order valence-corrected chi connectivity index (χ3v) is 3.54. The SMILES string of the molecule is CCc1cc(C(O)C2CCOCC2)n(CC)n1. The Kier molecular flexibility index (Phi) is 4.18. The summed E-state index contributed by atoms with van der Waals surface area (Å²) in [4.78, 5) is 0. The van der Waals surface area contributed by atoms with Crippen molar-refractivity contribution in [1.82, 2.24) is 9.78 Å². The highest BCUT2D eigenvalue weighted by Gasteiger charge is 2.26. The lowest BCUT2D eigenvalue weighted by Crippen LogP contribution is -2.23. The van der Waals surface area contributed by atoms with E-state index in [1.54, 1.807) is 0 Å². The van der Waals surface area contributed by atoms with Crippen molar-refractivity contribution in [3.8, 4) is 0 Å². The van der Waals surface area contributed by atoms with Gasteiger partial charge in [-0.05, 0) is 38.2 Å². The molecular formula is C13H22N2O2. The van der Waals surface area contributed by atoms with Gasteiger partial charge in [-0.2, -0.15) is 5.10 Å². The third-order valence-electron chi connectivity index (χ3n) is 3.54. The molecule has 0 aliphatic carbocycles. The number of aryl methyl sites for hydroxylation is 2. The van der Waals surface area contributed by atoms with Crippen LogP contribution in [0, 0.1) is 5.92 Å². The molecule has 1 aliphatic rings. The summed E-state index contributed by atoms with van der Waals surface area (Å²) in [5, 5.41) is 14.9. The molecule has 0 bridgehead atoms. The first-order valence-electron chi connectivity index (χ1n) is 6.58. The van der Waals surface area contributed by atoms with Crippen molar-refractivity contribution in [2.75, 3.05) is 13.2 Å². The Morgan fingerprint density at radius 2 is 2.18 bits per heavy atom. The van der Waals surface area contributed by atoms with Gasteiger partial charge in [0.2, 0.25) is 0 Å². The van der Waals surface area contributed by atoms with E-state index in [2.05, 4.69) is 18.9 Å². The number of hydrogen-bond acceptors (Lipinski definition) is 3. The lowest BCUT2D eigenvalue weighted by atomic mass is 9.92. The van der Waals surface area contributed by atoms with Gasteiger partial charge in [0, 0.05) is 19.8 Å². The molecule has 1 aliphatic heterocycles. The van der Waals surface area contributed by atoms with Crippen LogP contribution in [0.1, 0.15) is 44.2 Å². The van der Waals surface area contributed by atoms with Crippen LogP contribution >= 0.6 is 0 Å². The standard InChI is InChI=1S/C13H22N2O2/c1-3-11-9-12(15(4-2)14-11)13(16)10-5-7-17-8-6-10/h9-10,13,16H,3-8H2,1-2H3. The molecule has 1 N–H and O–H groups in total. The topological polar surface area (TPSA) is 47.3 Å². The summed E-state index contributed by atoms with van der Waals surface area (Å²) in [5.74, 6) is 0.315. The Balaban J connectivity index is 2.16. The molecule has 17 heavy (non-hydrogen) atoms. The van der Waals surface area contributed by atoms with Crippen LogP contribution in [0.5, 0.6) is 0 Å². The van der Waals surface area contributed by atoms with E-state index >= 15 is 0 Å². The summed E-state index contributed by atoms with van der Waals surface area (Å²) in [6.07, 6.45) is 2.40. The molecule has 0 aromatic carbocycles. The monoisotopic (exact) mass is 238 g/mol. The second-order valence-electron chi connectivity index (χ2n) is 4.62. The van der Waals surface area contributed by atoms with Gasteiger partial charge in [0.1, 0.15) is 0 Å². The fourth-order valence-electron chi connectivity index (χ4n) is 2.42. The second-order valence-corrected chi connectivity index (χ2v) is 4.62. The smallest absolute Gasteiger partial charge is 0.0986 e. The first-order valence-corrected chi connectivity index (χ1v) is 6.58. The summed E-state index contributed by atoms with van der Waals surface area (Å²) >= 11 is 0. The largest absolute Gasteiger partial charge is 0.387 e. The fraction of sp³-hybridized carbons (Fsp3) is 0.769. The molecule has 96 valence electrons. The number of aliphatic hydroxyl groups is 1. The van der Waals surface area contributed by atoms with Crippen molar-refractivity contribution in [3.63, 3.8) is 0 Å². The van der Waals surface area contributed by atoms with Crippen molar-refractivity contribution < 1.29 is 9.84 Å². The zero-order chi connectivity index (χ0) is 12.3. The molecule has 2 heterocycles. The zero-order valence-electron chi connectivity index (χ0n) is 10.7. The average Bonchev–Trinajstić information content (AvgIpc) is 2.82. The van der Waals surface area contributed by atoms with Gasteiger partial charge >= 0.3 is 0 Å². The summed E-state index contributed by atoms with van der Waals surface area (Å²) in [6.45, 7) is 6.50. The normalized spacial score (nSPS) is 19.5. The van der Waals surface area contributed by atoms with Gasteiger partial charge in [0.15, 0.2) is 0 Å². The molecular weight excluding hydrogens is 216 g/mol. The maximum atomic E-state index is 10.4. The van der Waals surface area contributed by atoms with Gasteiger partial charge in [-0.3, -0.25) is 4.68 Å². The molecule has 0 amide bonds. The van der Waals surface area contributed by atoms with Crippen LogP contribution < -0.4 is 0 Å². The summed E-state index contributed by atoms with van der Waals surface area (Å²) < 4.78 is 7.26. The van der Waals surface area contributed by atoms with E-state index in [4.69, 9.17) is 4.74 Å². The van der Waals surface area contributed by atoms with Crippen molar-refractivity contribution in [2.24, 2.45) is 5.92 Å². The highest BCUT2D eigenvalue weighted by Crippen LogP contribution is 2.30. The van der Waals surface area contributed by atoms with E-state index in [9.17, 15) is 5.11 Å². The lowest BCUT2D eigenvalue weighted by molar-refractivity contribution is 0.00388. The van der Waals surface area contributed by atoms with E-state index in [-0.39, 0.29) is 0 Å². The van der Waals surface area contributed by atoms with Crippen molar-refractivity contribution in [3.05, 3.63) is 17.5 Å². The molecule has 2 rings (SSSR count). The predicted molar refractivity (Wildman–Crippen MR) is 65.8 cm³/mol. The van der Waals surface area contributed by atoms with E-state index < -0.39 is 6.10 Å². The first kappa shape index (κ1) is 12.6. The van der Waals surface area contributed by atoms with Crippen LogP contribution in [0.15, 0.2) is 6.07 Å². The zero-order valence-corrected chi connectivity index (χ0v) is 10.7. The summed E-state index contributed by atoms with van der Waals surface area (Å²) in [5.41, 5.74) is 2.03. The Morgan fingerprint density at radius 1 is 1.47 bits per heavy atom. The van der Waals surface area contributed by atoms with Crippen molar-refractivity contribution in [2.45, 2.75) is 45.8 Å². The van der Waals surface area contributed by atoms with Gasteiger partial charge in [0.05, 0.1) is 17.5 Å². The summed E-state index contributed by atoms with van der Waals surface area (Å²) in [6, 6.07) is 2.05. The molecule has 4 nitrogen and oxygen atoms in total. The Labute approximate surface area is 103 Å². The van der Waals surface area contributed by atoms with Crippen LogP contribution in [0.4, 0.5) is 0 Å². The maximum Gasteiger partial charge on any atom is 0.0986 e. The molecule has 0 spiro atoms. The molecule has 1 aromatic heterocycles. The number of nitrogens with zero attached hydrogens (tertiary/aromatic N) is 2. The van der Waals surface area contributed by atoms with Crippen LogP contribution in [0.25, 0.3) is 0 Å². The highest BCUT2D eigenvalue weighted by molar-refractivity contribution is 5.14. The Hall–Kier alpha value is -0.870. The second kappa shape index (κ2) is 5.65. The van der Waals surface area contributed by atoms with Crippen LogP contribution in [0.3, 0.4) is 0 Å². The number of hydrogen-bond donors (Lipinski definition) is 1. The molecule has 0 radical (unpaired) electrons. The first-order chi connectivity index (χ1) is 8.26. The fourth-order valence-corrected chi connectivity index (χ4v) is 2.42. The minimum absolute atomic E-state index is 0.315. The van der Waals surface area contributed by atoms with Crippen LogP contribution in [0.2, 0.25) is 0 Å². The van der Waals surface area contributed by atoms with Crippen LogP contribution in [-0.2, 0) is 17.7 Å². The van der Waals surface area contributed by atoms with E-state index in [0.717, 1.165) is 50.4 Å². The Morgan fingerprint density at radius 3 is 2.76 bits per heavy atom. The number of aliphatic hydroxyl groups excluding tert-OH is 1. The maximum absolute atomic E-state index is 10.4. The van der Waals surface area contributed by atoms with Crippen molar-refractivity contribution >= 4 is 0 Å². The van der Waals surface area contributed by atoms with E-state index in [1.165, 1.54) is 0 Å². The minimum Gasteiger partial charge on any atom is -0.387 e. The number of ether oxygens (including phenoxy) is 1. The van der Waals surface area contributed by atoms with Crippen LogP contribution in [-0.4, -0.2) is 28.1 Å². The Bertz CT molecular complexity index is 356. The van der Waals surface area contributed by atoms with E-state index in [1.807, 2.05) is 10.7 Å². The predicted octanol–water partition coefficient (Wildman–Crippen LogP) is 1.93. The average molecular weight is 238 g/mol. The van der Waals surface area contributed by atoms with E-state index in [0.29, 0.717) is 5.92 Å². The lowest BCUT2D eigenvalue weighted by Gasteiger charge is -2.26. The molecule has 4 heteroatoms. The molecule has 1 unspecified atom stereocenters. The highest BCUT2D eigenvalue weighted by atomic mass is 16.5. The van der Waals surface area contributed by atoms with Gasteiger partial charge in [-0.25, -0.2) is 0 Å². The van der Waals surface area contributed by atoms with Crippen molar-refractivity contribution in [1.29, 1.82) is 0 Å². The molecule has 1 atom stereocenters. The van der Waals surface area contributed by atoms with Gasteiger partial charge in [-0.1, -0.05) is 6.92 Å². The van der Waals surface area contributed by atoms with Gasteiger partial charge < -0.3 is 9.84 Å². The molecule has 0 saturated carbocycles. The number of rotatable bonds is 4. The van der Waals surface area contributed by atoms with Gasteiger partial charge in [-0.15, -0.1) is 0 Å². The molecule has 1 fully saturated rings. The summed E-state index contributed by atoms with van der Waals surface area (Å²) in [7, 11) is 0. The molecule has 1 saturated heterocycles.